The third kappa shape index (κ3) is 4.33. The van der Waals surface area contributed by atoms with Crippen LogP contribution in [0.5, 0.6) is 0 Å². The van der Waals surface area contributed by atoms with Crippen molar-refractivity contribution in [3.63, 3.8) is 0 Å². The van der Waals surface area contributed by atoms with Gasteiger partial charge in [-0.1, -0.05) is 6.92 Å². The van der Waals surface area contributed by atoms with Crippen LogP contribution < -0.4 is 11.1 Å². The van der Waals surface area contributed by atoms with Gasteiger partial charge in [-0.15, -0.1) is 24.2 Å². The van der Waals surface area contributed by atoms with Crippen molar-refractivity contribution in [2.24, 2.45) is 5.73 Å². The summed E-state index contributed by atoms with van der Waals surface area (Å²) in [7, 11) is 0. The summed E-state index contributed by atoms with van der Waals surface area (Å²) >= 11 is 1.61. The molecule has 0 saturated carbocycles. The minimum atomic E-state index is -0.425. The molecular weight excluding hydrogens is 274 g/mol. The molecule has 1 heterocycles. The topological polar surface area (TPSA) is 75.4 Å². The molecule has 0 spiro atoms. The van der Waals surface area contributed by atoms with E-state index < -0.39 is 5.54 Å². The minimum Gasteiger partial charge on any atom is -0.348 e. The van der Waals surface area contributed by atoms with E-state index in [-0.39, 0.29) is 30.3 Å². The summed E-state index contributed by atoms with van der Waals surface area (Å²) in [6.45, 7) is 5.93. The Bertz CT molecular complexity index is 313. The van der Waals surface area contributed by atoms with Crippen LogP contribution in [-0.2, 0) is 9.59 Å². The molecule has 0 aromatic heterocycles. The van der Waals surface area contributed by atoms with Gasteiger partial charge < -0.3 is 16.0 Å². The third-order valence-corrected chi connectivity index (χ3v) is 3.79. The molecule has 1 aliphatic rings. The predicted octanol–water partition coefficient (Wildman–Crippen LogP) is 0.573. The number of nitrogens with zero attached hydrogens (tertiary/aromatic N) is 1. The molecular formula is C11H22ClN3O2S. The molecule has 5 nitrogen and oxygen atoms in total. The van der Waals surface area contributed by atoms with Crippen molar-refractivity contribution in [1.82, 2.24) is 10.2 Å². The van der Waals surface area contributed by atoms with Crippen LogP contribution >= 0.6 is 24.2 Å². The second kappa shape index (κ2) is 7.21. The molecule has 2 amide bonds. The van der Waals surface area contributed by atoms with Crippen LogP contribution in [0.3, 0.4) is 0 Å². The van der Waals surface area contributed by atoms with Crippen LogP contribution in [0, 0.1) is 0 Å². The molecule has 3 N–H and O–H groups in total. The zero-order chi connectivity index (χ0) is 13.1. The Morgan fingerprint density at radius 3 is 2.61 bits per heavy atom. The van der Waals surface area contributed by atoms with Gasteiger partial charge in [-0.2, -0.15) is 0 Å². The molecule has 0 aromatic rings. The van der Waals surface area contributed by atoms with Crippen molar-refractivity contribution >= 4 is 36.0 Å². The fourth-order valence-electron chi connectivity index (χ4n) is 1.58. The van der Waals surface area contributed by atoms with Gasteiger partial charge in [0.25, 0.3) is 0 Å². The highest BCUT2D eigenvalue weighted by molar-refractivity contribution is 7.99. The summed E-state index contributed by atoms with van der Waals surface area (Å²) in [5.41, 5.74) is 5.15. The molecule has 1 unspecified atom stereocenters. The number of nitrogens with one attached hydrogen (secondary N) is 1. The predicted molar refractivity (Wildman–Crippen MR) is 76.8 cm³/mol. The number of halogens is 1. The van der Waals surface area contributed by atoms with E-state index in [1.165, 1.54) is 0 Å². The standard InChI is InChI=1S/C11H21N3O2S.ClH/c1-4-9(15)14-7-17-5-8(14)10(16)13-11(2,3)6-12;/h8H,4-7,12H2,1-3H3,(H,13,16);1H. The number of hydrogen-bond donors (Lipinski definition) is 2. The van der Waals surface area contributed by atoms with E-state index in [0.717, 1.165) is 0 Å². The zero-order valence-corrected chi connectivity index (χ0v) is 12.7. The lowest BCUT2D eigenvalue weighted by atomic mass is 10.1. The highest BCUT2D eigenvalue weighted by Gasteiger charge is 2.35. The van der Waals surface area contributed by atoms with Crippen LogP contribution in [-0.4, -0.2) is 46.5 Å². The van der Waals surface area contributed by atoms with E-state index in [4.69, 9.17) is 5.73 Å². The number of thioether (sulfide) groups is 1. The van der Waals surface area contributed by atoms with Crippen molar-refractivity contribution in [3.05, 3.63) is 0 Å². The third-order valence-electron chi connectivity index (χ3n) is 2.78. The molecule has 0 bridgehead atoms. The Labute approximate surface area is 119 Å². The van der Waals surface area contributed by atoms with Gasteiger partial charge in [0.2, 0.25) is 11.8 Å². The van der Waals surface area contributed by atoms with Gasteiger partial charge in [-0.25, -0.2) is 0 Å². The molecule has 1 saturated heterocycles. The number of carbonyl (C=O) groups excluding carboxylic acids is 2. The molecule has 0 aromatic carbocycles. The van der Waals surface area contributed by atoms with Crippen LogP contribution in [0.15, 0.2) is 0 Å². The monoisotopic (exact) mass is 295 g/mol. The number of rotatable bonds is 4. The largest absolute Gasteiger partial charge is 0.348 e. The van der Waals surface area contributed by atoms with E-state index in [9.17, 15) is 9.59 Å². The number of nitrogens with two attached hydrogens (primary N) is 1. The average Bonchev–Trinajstić information content (AvgIpc) is 2.76. The number of amides is 2. The van der Waals surface area contributed by atoms with E-state index in [1.54, 1.807) is 16.7 Å². The molecule has 1 fully saturated rings. The first-order valence-corrected chi connectivity index (χ1v) is 6.96. The lowest BCUT2D eigenvalue weighted by molar-refractivity contribution is -0.138. The summed E-state index contributed by atoms with van der Waals surface area (Å²) in [6.07, 6.45) is 0.435. The highest BCUT2D eigenvalue weighted by Crippen LogP contribution is 2.22. The van der Waals surface area contributed by atoms with E-state index in [0.29, 0.717) is 24.6 Å². The summed E-state index contributed by atoms with van der Waals surface area (Å²) in [4.78, 5) is 25.4. The molecule has 0 aliphatic carbocycles. The summed E-state index contributed by atoms with van der Waals surface area (Å²) in [5, 5.41) is 2.89. The van der Waals surface area contributed by atoms with Gasteiger partial charge in [-0.3, -0.25) is 9.59 Å². The fourth-order valence-corrected chi connectivity index (χ4v) is 2.76. The maximum Gasteiger partial charge on any atom is 0.244 e. The molecule has 7 heteroatoms. The smallest absolute Gasteiger partial charge is 0.244 e. The summed E-state index contributed by atoms with van der Waals surface area (Å²) in [5.74, 6) is 1.19. The molecule has 1 rings (SSSR count). The lowest BCUT2D eigenvalue weighted by Gasteiger charge is -2.29. The first-order valence-electron chi connectivity index (χ1n) is 5.80. The first kappa shape index (κ1) is 17.5. The van der Waals surface area contributed by atoms with Crippen molar-refractivity contribution in [3.8, 4) is 0 Å². The first-order chi connectivity index (χ1) is 7.91. The van der Waals surface area contributed by atoms with Crippen LogP contribution in [0.2, 0.25) is 0 Å². The fraction of sp³-hybridized carbons (Fsp3) is 0.818. The van der Waals surface area contributed by atoms with Gasteiger partial charge in [0.15, 0.2) is 0 Å². The maximum atomic E-state index is 12.1. The van der Waals surface area contributed by atoms with E-state index >= 15 is 0 Å². The Morgan fingerprint density at radius 1 is 1.50 bits per heavy atom. The van der Waals surface area contributed by atoms with Gasteiger partial charge in [-0.05, 0) is 13.8 Å². The van der Waals surface area contributed by atoms with Crippen LogP contribution in [0.4, 0.5) is 0 Å². The van der Waals surface area contributed by atoms with Crippen LogP contribution in [0.25, 0.3) is 0 Å². The minimum absolute atomic E-state index is 0. The zero-order valence-electron chi connectivity index (χ0n) is 11.1. The molecule has 0 radical (unpaired) electrons. The molecule has 18 heavy (non-hydrogen) atoms. The summed E-state index contributed by atoms with van der Waals surface area (Å²) < 4.78 is 0. The maximum absolute atomic E-state index is 12.1. The quantitative estimate of drug-likeness (QED) is 0.795. The van der Waals surface area contributed by atoms with Gasteiger partial charge in [0, 0.05) is 24.3 Å². The Hall–Kier alpha value is -0.460. The van der Waals surface area contributed by atoms with Crippen molar-refractivity contribution in [2.45, 2.75) is 38.8 Å². The Kier molecular flexibility index (Phi) is 7.02. The van der Waals surface area contributed by atoms with Gasteiger partial charge in [0.1, 0.15) is 6.04 Å². The second-order valence-corrected chi connectivity index (χ2v) is 5.81. The van der Waals surface area contributed by atoms with Crippen molar-refractivity contribution in [2.75, 3.05) is 18.2 Å². The lowest BCUT2D eigenvalue weighted by Crippen LogP contribution is -2.55. The number of hydrogen-bond acceptors (Lipinski definition) is 4. The highest BCUT2D eigenvalue weighted by atomic mass is 35.5. The number of carbonyl (C=O) groups is 2. The molecule has 106 valence electrons. The molecule has 1 aliphatic heterocycles. The average molecular weight is 296 g/mol. The van der Waals surface area contributed by atoms with Crippen molar-refractivity contribution in [1.29, 1.82) is 0 Å². The van der Waals surface area contributed by atoms with Gasteiger partial charge >= 0.3 is 0 Å². The van der Waals surface area contributed by atoms with Gasteiger partial charge in [0.05, 0.1) is 5.88 Å². The molecule has 1 atom stereocenters. The Morgan fingerprint density at radius 2 is 2.11 bits per heavy atom. The normalized spacial score (nSPS) is 19.3. The Balaban J connectivity index is 0.00000289. The SMILES string of the molecule is CCC(=O)N1CSCC1C(=O)NC(C)(C)CN.Cl. The van der Waals surface area contributed by atoms with E-state index in [2.05, 4.69) is 5.32 Å². The second-order valence-electron chi connectivity index (χ2n) is 4.81. The van der Waals surface area contributed by atoms with Crippen molar-refractivity contribution < 1.29 is 9.59 Å². The van der Waals surface area contributed by atoms with Crippen LogP contribution in [0.1, 0.15) is 27.2 Å². The van der Waals surface area contributed by atoms with E-state index in [1.807, 2.05) is 20.8 Å². The summed E-state index contributed by atoms with van der Waals surface area (Å²) in [6, 6.07) is -0.349.